The first-order valence-electron chi connectivity index (χ1n) is 7.05. The minimum Gasteiger partial charge on any atom is -0.594 e. The van der Waals surface area contributed by atoms with Gasteiger partial charge in [-0.1, -0.05) is 59.5 Å². The van der Waals surface area contributed by atoms with E-state index in [1.807, 2.05) is 36.4 Å². The predicted octanol–water partition coefficient (Wildman–Crippen LogP) is 5.68. The molecule has 0 spiro atoms. The van der Waals surface area contributed by atoms with E-state index in [-0.39, 0.29) is 5.69 Å². The number of nitrogens with zero attached hydrogens (tertiary/aromatic N) is 3. The number of para-hydroxylation sites is 1. The zero-order chi connectivity index (χ0) is 16.1. The molecule has 0 aromatic heterocycles. The van der Waals surface area contributed by atoms with Crippen molar-refractivity contribution in [3.8, 4) is 11.1 Å². The lowest BCUT2D eigenvalue weighted by Crippen LogP contribution is -1.90. The van der Waals surface area contributed by atoms with Crippen LogP contribution in [0, 0.1) is 10.1 Å². The van der Waals surface area contributed by atoms with Crippen LogP contribution in [-0.4, -0.2) is 4.86 Å². The van der Waals surface area contributed by atoms with Crippen molar-refractivity contribution >= 4 is 17.1 Å². The molecule has 0 saturated heterocycles. The molecule has 0 N–H and O–H groups in total. The Kier molecular flexibility index (Phi) is 4.20. The molecule has 0 bridgehead atoms. The molecule has 3 rings (SSSR count). The highest BCUT2D eigenvalue weighted by Gasteiger charge is 2.14. The van der Waals surface area contributed by atoms with E-state index in [1.165, 1.54) is 0 Å². The summed E-state index contributed by atoms with van der Waals surface area (Å²) in [6, 6.07) is 22.9. The van der Waals surface area contributed by atoms with Crippen LogP contribution in [0.3, 0.4) is 0 Å². The second-order valence-corrected chi connectivity index (χ2v) is 4.84. The molecular formula is C18H13N3O2. The lowest BCUT2D eigenvalue weighted by atomic mass is 10.0. The van der Waals surface area contributed by atoms with Crippen LogP contribution in [0.4, 0.5) is 17.1 Å². The van der Waals surface area contributed by atoms with Crippen LogP contribution in [0.2, 0.25) is 0 Å². The van der Waals surface area contributed by atoms with Crippen molar-refractivity contribution < 1.29 is 4.86 Å². The Morgan fingerprint density at radius 3 is 2.00 bits per heavy atom. The third-order valence-electron chi connectivity index (χ3n) is 3.36. The SMILES string of the molecule is O=Nc1cccc(N=[N+]([O-])c2ccccc2)c1-c1ccccc1. The fourth-order valence-corrected chi connectivity index (χ4v) is 2.30. The van der Waals surface area contributed by atoms with Gasteiger partial charge in [0.2, 0.25) is 5.69 Å². The van der Waals surface area contributed by atoms with Gasteiger partial charge in [0.05, 0.1) is 0 Å². The Hall–Kier alpha value is -3.34. The summed E-state index contributed by atoms with van der Waals surface area (Å²) in [6.07, 6.45) is 0. The highest BCUT2D eigenvalue weighted by molar-refractivity contribution is 5.85. The Balaban J connectivity index is 2.15. The summed E-state index contributed by atoms with van der Waals surface area (Å²) < 4.78 is 0. The normalized spacial score (nSPS) is 11.2. The second kappa shape index (κ2) is 6.62. The van der Waals surface area contributed by atoms with Crippen LogP contribution in [0.25, 0.3) is 11.1 Å². The Bertz CT molecular complexity index is 847. The summed E-state index contributed by atoms with van der Waals surface area (Å²) in [7, 11) is 0. The first-order chi connectivity index (χ1) is 11.3. The van der Waals surface area contributed by atoms with Gasteiger partial charge in [-0.3, -0.25) is 0 Å². The summed E-state index contributed by atoms with van der Waals surface area (Å²) in [5.74, 6) is 0. The van der Waals surface area contributed by atoms with Crippen molar-refractivity contribution in [2.45, 2.75) is 0 Å². The average Bonchev–Trinajstić information content (AvgIpc) is 2.63. The molecule has 5 nitrogen and oxygen atoms in total. The molecule has 3 aromatic carbocycles. The van der Waals surface area contributed by atoms with Crippen LogP contribution in [0.15, 0.2) is 89.2 Å². The molecule has 0 aliphatic heterocycles. The van der Waals surface area contributed by atoms with Crippen molar-refractivity contribution in [3.05, 3.63) is 89.0 Å². The molecule has 0 heterocycles. The zero-order valence-corrected chi connectivity index (χ0v) is 12.2. The van der Waals surface area contributed by atoms with Crippen LogP contribution in [0.1, 0.15) is 0 Å². The molecule has 3 aromatic rings. The monoisotopic (exact) mass is 303 g/mol. The second-order valence-electron chi connectivity index (χ2n) is 4.84. The minimum atomic E-state index is 0.249. The lowest BCUT2D eigenvalue weighted by Gasteiger charge is -2.07. The molecule has 0 aliphatic rings. The van der Waals surface area contributed by atoms with Gasteiger partial charge in [0.25, 0.3) is 0 Å². The maximum atomic E-state index is 12.2. The van der Waals surface area contributed by atoms with E-state index in [2.05, 4.69) is 10.3 Å². The van der Waals surface area contributed by atoms with Crippen LogP contribution < -0.4 is 0 Å². The van der Waals surface area contributed by atoms with Crippen molar-refractivity contribution in [1.82, 2.24) is 0 Å². The van der Waals surface area contributed by atoms with Crippen molar-refractivity contribution in [2.75, 3.05) is 0 Å². The molecule has 5 heteroatoms. The van der Waals surface area contributed by atoms with Crippen LogP contribution in [-0.2, 0) is 0 Å². The van der Waals surface area contributed by atoms with Crippen LogP contribution >= 0.6 is 0 Å². The standard InChI is InChI=1S/C18H13N3O2/c22-20-17-13-7-12-16(18(17)14-8-3-1-4-9-14)19-21(23)15-10-5-2-6-11-15/h1-13H. The molecule has 0 atom stereocenters. The van der Waals surface area contributed by atoms with Gasteiger partial charge in [0, 0.05) is 22.8 Å². The van der Waals surface area contributed by atoms with Gasteiger partial charge >= 0.3 is 0 Å². The van der Waals surface area contributed by atoms with Gasteiger partial charge in [-0.05, 0) is 22.9 Å². The van der Waals surface area contributed by atoms with Gasteiger partial charge in [-0.2, -0.15) is 0 Å². The molecule has 112 valence electrons. The number of rotatable bonds is 4. The van der Waals surface area contributed by atoms with E-state index in [0.717, 1.165) is 5.56 Å². The maximum Gasteiger partial charge on any atom is 0.244 e. The lowest BCUT2D eigenvalue weighted by molar-refractivity contribution is -0.435. The molecule has 0 amide bonds. The largest absolute Gasteiger partial charge is 0.594 e. The molecule has 0 fully saturated rings. The van der Waals surface area contributed by atoms with Gasteiger partial charge in [-0.15, -0.1) is 4.91 Å². The fourth-order valence-electron chi connectivity index (χ4n) is 2.30. The molecular weight excluding hydrogens is 290 g/mol. The third kappa shape index (κ3) is 3.13. The van der Waals surface area contributed by atoms with Gasteiger partial charge in [-0.25, -0.2) is 0 Å². The quantitative estimate of drug-likeness (QED) is 0.269. The smallest absolute Gasteiger partial charge is 0.244 e. The Labute approximate surface area is 133 Å². The number of hydrogen-bond acceptors (Lipinski definition) is 4. The zero-order valence-electron chi connectivity index (χ0n) is 12.2. The minimum absolute atomic E-state index is 0.249. The van der Waals surface area contributed by atoms with E-state index in [4.69, 9.17) is 0 Å². The number of azo groups is 1. The number of hydrogen-bond donors (Lipinski definition) is 0. The highest BCUT2D eigenvalue weighted by atomic mass is 16.5. The molecule has 23 heavy (non-hydrogen) atoms. The van der Waals surface area contributed by atoms with E-state index in [0.29, 0.717) is 21.8 Å². The summed E-state index contributed by atoms with van der Waals surface area (Å²) in [5.41, 5.74) is 2.38. The van der Waals surface area contributed by atoms with Crippen molar-refractivity contribution in [2.24, 2.45) is 10.3 Å². The predicted molar refractivity (Wildman–Crippen MR) is 89.2 cm³/mol. The van der Waals surface area contributed by atoms with Crippen molar-refractivity contribution in [1.29, 1.82) is 0 Å². The van der Waals surface area contributed by atoms with E-state index in [1.54, 1.807) is 42.5 Å². The molecule has 0 aliphatic carbocycles. The average molecular weight is 303 g/mol. The van der Waals surface area contributed by atoms with E-state index >= 15 is 0 Å². The highest BCUT2D eigenvalue weighted by Crippen LogP contribution is 2.38. The summed E-state index contributed by atoms with van der Waals surface area (Å²) >= 11 is 0. The number of benzene rings is 3. The summed E-state index contributed by atoms with van der Waals surface area (Å²) in [5, 5.41) is 19.4. The van der Waals surface area contributed by atoms with E-state index < -0.39 is 0 Å². The molecule has 0 radical (unpaired) electrons. The maximum absolute atomic E-state index is 12.2. The van der Waals surface area contributed by atoms with Crippen molar-refractivity contribution in [3.63, 3.8) is 0 Å². The van der Waals surface area contributed by atoms with Gasteiger partial charge < -0.3 is 5.21 Å². The van der Waals surface area contributed by atoms with Crippen LogP contribution in [0.5, 0.6) is 0 Å². The molecule has 0 saturated carbocycles. The summed E-state index contributed by atoms with van der Waals surface area (Å²) in [4.78, 5) is 11.7. The number of nitroso groups, excluding NO2 is 1. The Morgan fingerprint density at radius 2 is 1.35 bits per heavy atom. The summed E-state index contributed by atoms with van der Waals surface area (Å²) in [6.45, 7) is 0. The van der Waals surface area contributed by atoms with Gasteiger partial charge in [0.15, 0.2) is 0 Å². The fraction of sp³-hybridized carbons (Fsp3) is 0. The first kappa shape index (κ1) is 14.6. The first-order valence-corrected chi connectivity index (χ1v) is 7.05. The van der Waals surface area contributed by atoms with E-state index in [9.17, 15) is 10.1 Å². The third-order valence-corrected chi connectivity index (χ3v) is 3.36. The van der Waals surface area contributed by atoms with Gasteiger partial charge in [0.1, 0.15) is 11.4 Å². The Morgan fingerprint density at radius 1 is 0.739 bits per heavy atom. The topological polar surface area (TPSA) is 67.9 Å². The molecule has 0 unspecified atom stereocenters.